The fourth-order valence-electron chi connectivity index (χ4n) is 3.51. The van der Waals surface area contributed by atoms with E-state index in [1.54, 1.807) is 0 Å². The van der Waals surface area contributed by atoms with E-state index in [4.69, 9.17) is 21.7 Å². The number of nitrogens with zero attached hydrogens (tertiary/aromatic N) is 1. The van der Waals surface area contributed by atoms with Crippen LogP contribution in [0, 0.1) is 12.3 Å². The van der Waals surface area contributed by atoms with Crippen molar-refractivity contribution in [3.63, 3.8) is 0 Å². The molecule has 1 aliphatic rings. The van der Waals surface area contributed by atoms with Gasteiger partial charge in [-0.1, -0.05) is 18.7 Å². The molecule has 0 aliphatic carbocycles. The van der Waals surface area contributed by atoms with E-state index in [1.807, 2.05) is 6.92 Å². The minimum atomic E-state index is -1.25. The van der Waals surface area contributed by atoms with Crippen molar-refractivity contribution < 1.29 is 9.13 Å². The monoisotopic (exact) mass is 380 g/mol. The third-order valence-electron chi connectivity index (χ3n) is 5.21. The lowest BCUT2D eigenvalue weighted by atomic mass is 9.89. The molecule has 1 saturated heterocycles. The van der Waals surface area contributed by atoms with Crippen molar-refractivity contribution in [2.75, 3.05) is 30.5 Å². The lowest BCUT2D eigenvalue weighted by molar-refractivity contribution is 0.185. The number of halogens is 2. The van der Waals surface area contributed by atoms with Gasteiger partial charge in [-0.15, -0.1) is 11.6 Å². The molecule has 1 atom stereocenters. The van der Waals surface area contributed by atoms with Gasteiger partial charge in [-0.3, -0.25) is 5.41 Å². The maximum absolute atomic E-state index is 14.4. The molecule has 2 rings (SSSR count). The number of nitrogens with one attached hydrogen (secondary N) is 1. The number of anilines is 1. The summed E-state index contributed by atoms with van der Waals surface area (Å²) >= 11 is 5.88. The number of ether oxygens (including phenoxy) is 1. The number of alkyl halides is 2. The smallest absolute Gasteiger partial charge is 0.188 e. The van der Waals surface area contributed by atoms with Crippen molar-refractivity contribution in [3.8, 4) is 0 Å². The first-order valence-corrected chi connectivity index (χ1v) is 9.92. The lowest BCUT2D eigenvalue weighted by Gasteiger charge is -2.36. The molecular formula is C21H30ClFN2O. The van der Waals surface area contributed by atoms with Gasteiger partial charge in [0.05, 0.1) is 12.5 Å². The van der Waals surface area contributed by atoms with E-state index < -0.39 is 5.67 Å². The van der Waals surface area contributed by atoms with Gasteiger partial charge >= 0.3 is 0 Å². The van der Waals surface area contributed by atoms with Crippen LogP contribution in [0.1, 0.15) is 49.7 Å². The number of aryl methyl sites for hydroxylation is 1. The summed E-state index contributed by atoms with van der Waals surface area (Å²) in [6.45, 7) is 9.41. The SMILES string of the molecule is C=CC1(F)CCN(c2ccc(C)c(C(CCCCl)C(=N)OCC)c2)CC1. The molecule has 1 fully saturated rings. The predicted octanol–water partition coefficient (Wildman–Crippen LogP) is 5.61. The van der Waals surface area contributed by atoms with Crippen molar-refractivity contribution in [1.82, 2.24) is 0 Å². The third-order valence-corrected chi connectivity index (χ3v) is 5.47. The van der Waals surface area contributed by atoms with Crippen LogP contribution in [-0.2, 0) is 4.74 Å². The summed E-state index contributed by atoms with van der Waals surface area (Å²) in [5.74, 6) is 0.777. The average molecular weight is 381 g/mol. The van der Waals surface area contributed by atoms with Crippen LogP contribution in [-0.4, -0.2) is 37.1 Å². The third kappa shape index (κ3) is 5.00. The second-order valence-electron chi connectivity index (χ2n) is 6.95. The Balaban J connectivity index is 2.24. The Kier molecular flexibility index (Phi) is 7.51. The highest BCUT2D eigenvalue weighted by Crippen LogP contribution is 2.34. The first kappa shape index (κ1) is 20.8. The fourth-order valence-corrected chi connectivity index (χ4v) is 3.66. The van der Waals surface area contributed by atoms with Crippen LogP contribution < -0.4 is 4.90 Å². The zero-order valence-corrected chi connectivity index (χ0v) is 16.6. The first-order valence-electron chi connectivity index (χ1n) is 9.39. The molecule has 1 N–H and O–H groups in total. The van der Waals surface area contributed by atoms with E-state index in [2.05, 4.69) is 36.6 Å². The highest BCUT2D eigenvalue weighted by molar-refractivity contribution is 6.17. The minimum Gasteiger partial charge on any atom is -0.481 e. The fraction of sp³-hybridized carbons (Fsp3) is 0.571. The summed E-state index contributed by atoms with van der Waals surface area (Å²) in [7, 11) is 0. The van der Waals surface area contributed by atoms with Crippen molar-refractivity contribution in [1.29, 1.82) is 5.41 Å². The van der Waals surface area contributed by atoms with E-state index >= 15 is 0 Å². The first-order chi connectivity index (χ1) is 12.4. The Morgan fingerprint density at radius 1 is 1.46 bits per heavy atom. The number of allylic oxidation sites excluding steroid dienone is 1. The zero-order valence-electron chi connectivity index (χ0n) is 15.9. The van der Waals surface area contributed by atoms with Gasteiger partial charge in [0.25, 0.3) is 0 Å². The molecule has 1 unspecified atom stereocenters. The lowest BCUT2D eigenvalue weighted by Crippen LogP contribution is -2.40. The molecular weight excluding hydrogens is 351 g/mol. The van der Waals surface area contributed by atoms with Gasteiger partial charge in [0.1, 0.15) is 5.67 Å². The number of rotatable bonds is 8. The molecule has 1 aliphatic heterocycles. The minimum absolute atomic E-state index is 0.0909. The van der Waals surface area contributed by atoms with Gasteiger partial charge in [0.2, 0.25) is 0 Å². The van der Waals surface area contributed by atoms with Crippen LogP contribution >= 0.6 is 11.6 Å². The molecule has 0 spiro atoms. The second-order valence-corrected chi connectivity index (χ2v) is 7.33. The molecule has 0 radical (unpaired) electrons. The average Bonchev–Trinajstić information content (AvgIpc) is 2.64. The molecule has 0 amide bonds. The standard InChI is InChI=1S/C21H30ClFN2O/c1-4-21(23)10-13-25(14-11-21)17-9-8-16(3)19(15-17)18(7-6-12-22)20(24)26-5-2/h4,8-9,15,18,24H,1,5-7,10-14H2,2-3H3. The van der Waals surface area contributed by atoms with Gasteiger partial charge in [-0.25, -0.2) is 4.39 Å². The number of piperidine rings is 1. The van der Waals surface area contributed by atoms with Gasteiger partial charge in [-0.05, 0) is 49.9 Å². The number of hydrogen-bond acceptors (Lipinski definition) is 3. The second kappa shape index (κ2) is 9.40. The van der Waals surface area contributed by atoms with Gasteiger partial charge in [0, 0.05) is 37.5 Å². The van der Waals surface area contributed by atoms with Crippen LogP contribution in [0.3, 0.4) is 0 Å². The van der Waals surface area contributed by atoms with Crippen LogP contribution in [0.25, 0.3) is 0 Å². The summed E-state index contributed by atoms with van der Waals surface area (Å²) in [5.41, 5.74) is 2.08. The van der Waals surface area contributed by atoms with Gasteiger partial charge in [0.15, 0.2) is 5.90 Å². The van der Waals surface area contributed by atoms with Crippen molar-refractivity contribution in [3.05, 3.63) is 42.0 Å². The summed E-state index contributed by atoms with van der Waals surface area (Å²) < 4.78 is 19.9. The van der Waals surface area contributed by atoms with Crippen LogP contribution in [0.2, 0.25) is 0 Å². The van der Waals surface area contributed by atoms with Gasteiger partial charge in [-0.2, -0.15) is 0 Å². The van der Waals surface area contributed by atoms with E-state index in [0.29, 0.717) is 44.3 Å². The van der Waals surface area contributed by atoms with Crippen molar-refractivity contribution in [2.45, 2.75) is 51.1 Å². The summed E-state index contributed by atoms with van der Waals surface area (Å²) in [4.78, 5) is 2.22. The zero-order chi connectivity index (χ0) is 19.2. The topological polar surface area (TPSA) is 36.3 Å². The van der Waals surface area contributed by atoms with Crippen molar-refractivity contribution >= 4 is 23.2 Å². The normalized spacial score (nSPS) is 17.6. The maximum Gasteiger partial charge on any atom is 0.188 e. The molecule has 0 aromatic heterocycles. The Hall–Kier alpha value is -1.55. The van der Waals surface area contributed by atoms with Crippen LogP contribution in [0.5, 0.6) is 0 Å². The Morgan fingerprint density at radius 2 is 2.15 bits per heavy atom. The van der Waals surface area contributed by atoms with E-state index in [9.17, 15) is 4.39 Å². The molecule has 1 aromatic rings. The summed E-state index contributed by atoms with van der Waals surface area (Å²) in [6.07, 6.45) is 3.99. The molecule has 5 heteroatoms. The summed E-state index contributed by atoms with van der Waals surface area (Å²) in [5, 5.41) is 8.31. The predicted molar refractivity (Wildman–Crippen MR) is 109 cm³/mol. The van der Waals surface area contributed by atoms with E-state index in [1.165, 1.54) is 6.08 Å². The highest BCUT2D eigenvalue weighted by Gasteiger charge is 2.32. The Bertz CT molecular complexity index is 626. The molecule has 0 bridgehead atoms. The quantitative estimate of drug-likeness (QED) is 0.275. The Morgan fingerprint density at radius 3 is 2.73 bits per heavy atom. The molecule has 144 valence electrons. The molecule has 3 nitrogen and oxygen atoms in total. The van der Waals surface area contributed by atoms with Gasteiger partial charge < -0.3 is 9.64 Å². The largest absolute Gasteiger partial charge is 0.481 e. The van der Waals surface area contributed by atoms with Crippen LogP contribution in [0.15, 0.2) is 30.9 Å². The van der Waals surface area contributed by atoms with Crippen molar-refractivity contribution in [2.24, 2.45) is 0 Å². The Labute approximate surface area is 161 Å². The molecule has 0 saturated carbocycles. The number of benzene rings is 1. The molecule has 1 aromatic carbocycles. The molecule has 1 heterocycles. The molecule has 26 heavy (non-hydrogen) atoms. The highest BCUT2D eigenvalue weighted by atomic mass is 35.5. The van der Waals surface area contributed by atoms with E-state index in [0.717, 1.165) is 29.7 Å². The summed E-state index contributed by atoms with van der Waals surface area (Å²) in [6, 6.07) is 6.31. The van der Waals surface area contributed by atoms with Crippen LogP contribution in [0.4, 0.5) is 10.1 Å². The number of hydrogen-bond donors (Lipinski definition) is 1. The maximum atomic E-state index is 14.4. The van der Waals surface area contributed by atoms with E-state index in [-0.39, 0.29) is 5.92 Å².